The van der Waals surface area contributed by atoms with Crippen LogP contribution in [0.25, 0.3) is 33.4 Å². The average Bonchev–Trinajstić information content (AvgIpc) is 3.54. The van der Waals surface area contributed by atoms with Gasteiger partial charge in [0.1, 0.15) is 0 Å². The zero-order valence-electron chi connectivity index (χ0n) is 34.1. The molecule has 59 heavy (non-hydrogen) atoms. The number of allylic oxidation sites excluding steroid dienone is 9. The molecule has 0 radical (unpaired) electrons. The first-order valence-corrected chi connectivity index (χ1v) is 21.3. The van der Waals surface area contributed by atoms with E-state index in [0.717, 1.165) is 43.5 Å². The molecule has 2 heteroatoms. The third-order valence-electron chi connectivity index (χ3n) is 12.8. The lowest BCUT2D eigenvalue weighted by atomic mass is 9.82. The Balaban J connectivity index is 1.02. The van der Waals surface area contributed by atoms with Gasteiger partial charge in [0, 0.05) is 33.9 Å². The summed E-state index contributed by atoms with van der Waals surface area (Å²) in [4.78, 5) is 5.04. The lowest BCUT2D eigenvalue weighted by Crippen LogP contribution is -2.35. The molecule has 0 amide bonds. The van der Waals surface area contributed by atoms with Gasteiger partial charge in [-0.3, -0.25) is 0 Å². The fourth-order valence-electron chi connectivity index (χ4n) is 9.61. The summed E-state index contributed by atoms with van der Waals surface area (Å²) in [5.74, 6) is 0. The van der Waals surface area contributed by atoms with Crippen LogP contribution < -0.4 is 9.80 Å². The average molecular weight is 763 g/mol. The molecule has 0 aromatic heterocycles. The van der Waals surface area contributed by atoms with Gasteiger partial charge in [-0.25, -0.2) is 0 Å². The van der Waals surface area contributed by atoms with Crippen molar-refractivity contribution >= 4 is 28.2 Å². The lowest BCUT2D eigenvalue weighted by Gasteiger charge is -2.37. The molecule has 4 aliphatic carbocycles. The minimum Gasteiger partial charge on any atom is -0.338 e. The Hall–Kier alpha value is -6.64. The van der Waals surface area contributed by atoms with E-state index in [0.29, 0.717) is 0 Å². The van der Waals surface area contributed by atoms with Crippen LogP contribution in [0.4, 0.5) is 17.1 Å². The molecule has 1 atom stereocenters. The van der Waals surface area contributed by atoms with Crippen LogP contribution in [-0.4, -0.2) is 6.04 Å². The van der Waals surface area contributed by atoms with E-state index in [1.807, 2.05) is 0 Å². The lowest BCUT2D eigenvalue weighted by molar-refractivity contribution is 0.660. The number of fused-ring (bicyclic) bond motifs is 3. The van der Waals surface area contributed by atoms with Gasteiger partial charge in [0.05, 0.1) is 6.04 Å². The van der Waals surface area contributed by atoms with E-state index in [2.05, 4.69) is 224 Å². The molecule has 288 valence electrons. The molecule has 1 unspecified atom stereocenters. The van der Waals surface area contributed by atoms with Crippen LogP contribution in [-0.2, 0) is 5.41 Å². The summed E-state index contributed by atoms with van der Waals surface area (Å²) in [7, 11) is 0. The van der Waals surface area contributed by atoms with Crippen LogP contribution in [0.3, 0.4) is 0 Å². The molecule has 0 fully saturated rings. The Morgan fingerprint density at radius 3 is 1.83 bits per heavy atom. The Morgan fingerprint density at radius 2 is 1.17 bits per heavy atom. The monoisotopic (exact) mass is 762 g/mol. The van der Waals surface area contributed by atoms with Crippen molar-refractivity contribution in [1.82, 2.24) is 0 Å². The van der Waals surface area contributed by atoms with Gasteiger partial charge in [-0.15, -0.1) is 0 Å². The van der Waals surface area contributed by atoms with Gasteiger partial charge < -0.3 is 9.80 Å². The molecule has 0 spiro atoms. The molecule has 4 aliphatic rings. The molecular weight excluding hydrogens is 713 g/mol. The summed E-state index contributed by atoms with van der Waals surface area (Å²) in [5.41, 5.74) is 19.3. The summed E-state index contributed by atoms with van der Waals surface area (Å²) in [5, 5.41) is 0. The largest absolute Gasteiger partial charge is 0.338 e. The SMILES string of the molecule is CC1(C)c2ccccc2-c2cc(N(C3=CC=C(c4ccccc4)CC3)C3C=CC(N(c4ccc(C5=CCCC=C5)cc4)c4ccc(-c5ccccc5)cc4)=CC3)ccc21. The molecule has 0 heterocycles. The summed E-state index contributed by atoms with van der Waals surface area (Å²) in [6.07, 6.45) is 24.0. The molecule has 10 rings (SSSR count). The second-order valence-electron chi connectivity index (χ2n) is 16.7. The van der Waals surface area contributed by atoms with Crippen molar-refractivity contribution in [2.24, 2.45) is 0 Å². The normalized spacial score (nSPS) is 17.6. The van der Waals surface area contributed by atoms with Crippen LogP contribution >= 0.6 is 0 Å². The number of rotatable bonds is 9. The van der Waals surface area contributed by atoms with Crippen molar-refractivity contribution < 1.29 is 0 Å². The van der Waals surface area contributed by atoms with Gasteiger partial charge in [-0.2, -0.15) is 0 Å². The highest BCUT2D eigenvalue weighted by molar-refractivity contribution is 5.84. The molecule has 0 N–H and O–H groups in total. The minimum absolute atomic E-state index is 0.0277. The van der Waals surface area contributed by atoms with Crippen molar-refractivity contribution in [3.8, 4) is 22.3 Å². The first-order valence-electron chi connectivity index (χ1n) is 21.3. The summed E-state index contributed by atoms with van der Waals surface area (Å²) < 4.78 is 0. The number of anilines is 3. The first kappa shape index (κ1) is 36.7. The van der Waals surface area contributed by atoms with Crippen molar-refractivity contribution in [3.63, 3.8) is 0 Å². The fraction of sp³-hybridized carbons (Fsp3) is 0.158. The zero-order chi connectivity index (χ0) is 39.8. The standard InChI is InChI=1S/C57H50N2/c1-57(2)55-21-13-12-20-53(55)54-40-52(38-39-56(54)57)59(49-32-26-46(27-33-49)43-18-10-5-11-19-43)51-36-34-50(35-37-51)58(47-28-22-44(23-29-47)41-14-6-3-7-15-41)48-30-24-45(25-31-48)42-16-8-4-9-17-42/h3,5-8,10-26,28-32,34-36,38-40,51H,4,9,27,33,37H2,1-2H3. The van der Waals surface area contributed by atoms with Crippen LogP contribution in [0.2, 0.25) is 0 Å². The van der Waals surface area contributed by atoms with E-state index in [-0.39, 0.29) is 11.5 Å². The highest BCUT2D eigenvalue weighted by Crippen LogP contribution is 2.50. The van der Waals surface area contributed by atoms with E-state index >= 15 is 0 Å². The topological polar surface area (TPSA) is 6.48 Å². The van der Waals surface area contributed by atoms with E-state index in [9.17, 15) is 0 Å². The summed E-state index contributed by atoms with van der Waals surface area (Å²) in [6.45, 7) is 4.73. The van der Waals surface area contributed by atoms with Gasteiger partial charge in [0.25, 0.3) is 0 Å². The summed E-state index contributed by atoms with van der Waals surface area (Å²) >= 11 is 0. The van der Waals surface area contributed by atoms with Crippen LogP contribution in [0.15, 0.2) is 212 Å². The maximum Gasteiger partial charge on any atom is 0.0558 e. The van der Waals surface area contributed by atoms with E-state index in [4.69, 9.17) is 0 Å². The predicted molar refractivity (Wildman–Crippen MR) is 251 cm³/mol. The number of hydrogen-bond acceptors (Lipinski definition) is 2. The molecule has 0 saturated heterocycles. The molecule has 6 aromatic carbocycles. The highest BCUT2D eigenvalue weighted by Gasteiger charge is 2.36. The van der Waals surface area contributed by atoms with E-state index < -0.39 is 0 Å². The molecule has 6 aromatic rings. The maximum atomic E-state index is 2.62. The van der Waals surface area contributed by atoms with Crippen molar-refractivity contribution in [3.05, 3.63) is 234 Å². The molecule has 0 saturated carbocycles. The van der Waals surface area contributed by atoms with Gasteiger partial charge >= 0.3 is 0 Å². The van der Waals surface area contributed by atoms with Crippen LogP contribution in [0, 0.1) is 0 Å². The first-order chi connectivity index (χ1) is 29.0. The van der Waals surface area contributed by atoms with Crippen molar-refractivity contribution in [2.45, 2.75) is 57.4 Å². The summed E-state index contributed by atoms with van der Waals surface area (Å²) in [6, 6.07) is 56.0. The third-order valence-corrected chi connectivity index (χ3v) is 12.8. The van der Waals surface area contributed by atoms with Crippen LogP contribution in [0.1, 0.15) is 68.2 Å². The number of benzene rings is 6. The third kappa shape index (κ3) is 7.04. The second kappa shape index (κ2) is 15.6. The highest BCUT2D eigenvalue weighted by atomic mass is 15.2. The van der Waals surface area contributed by atoms with Gasteiger partial charge in [0.2, 0.25) is 0 Å². The molecule has 0 bridgehead atoms. The Kier molecular flexibility index (Phi) is 9.70. The number of hydrogen-bond donors (Lipinski definition) is 0. The van der Waals surface area contributed by atoms with Crippen molar-refractivity contribution in [1.29, 1.82) is 0 Å². The quantitative estimate of drug-likeness (QED) is 0.145. The van der Waals surface area contributed by atoms with E-state index in [1.165, 1.54) is 72.7 Å². The molecule has 2 nitrogen and oxygen atoms in total. The Bertz CT molecular complexity index is 2690. The second-order valence-corrected chi connectivity index (χ2v) is 16.7. The Labute approximate surface area is 350 Å². The van der Waals surface area contributed by atoms with Crippen molar-refractivity contribution in [2.75, 3.05) is 9.80 Å². The minimum atomic E-state index is -0.0277. The predicted octanol–water partition coefficient (Wildman–Crippen LogP) is 15.0. The van der Waals surface area contributed by atoms with Gasteiger partial charge in [-0.1, -0.05) is 166 Å². The smallest absolute Gasteiger partial charge is 0.0558 e. The zero-order valence-corrected chi connectivity index (χ0v) is 34.1. The Morgan fingerprint density at radius 1 is 0.525 bits per heavy atom. The van der Waals surface area contributed by atoms with Gasteiger partial charge in [0.15, 0.2) is 0 Å². The number of nitrogens with zero attached hydrogens (tertiary/aromatic N) is 2. The maximum absolute atomic E-state index is 2.62. The molecular formula is C57H50N2. The van der Waals surface area contributed by atoms with E-state index in [1.54, 1.807) is 0 Å². The fourth-order valence-corrected chi connectivity index (χ4v) is 9.61. The van der Waals surface area contributed by atoms with Crippen LogP contribution in [0.5, 0.6) is 0 Å². The molecule has 0 aliphatic heterocycles. The van der Waals surface area contributed by atoms with Gasteiger partial charge in [-0.05, 0) is 136 Å².